The molecule has 1 aromatic heterocycles. The number of nitrogens with zero attached hydrogens (tertiary/aromatic N) is 3. The van der Waals surface area contributed by atoms with Crippen LogP contribution < -0.4 is 26.8 Å². The Kier molecular flexibility index (Phi) is 4.19. The Morgan fingerprint density at radius 3 is 3.09 bits per heavy atom. The molecule has 0 amide bonds. The Labute approximate surface area is 137 Å². The third-order valence-electron chi connectivity index (χ3n) is 5.53. The first-order chi connectivity index (χ1) is 11.2. The SMILES string of the molecule is CC1NNC2CNC(c3cncc(N4CCC[C@@H](N)C4)n3)CC12. The first-order valence-electron chi connectivity index (χ1n) is 8.77. The highest BCUT2D eigenvalue weighted by Gasteiger charge is 2.39. The predicted molar refractivity (Wildman–Crippen MR) is 89.8 cm³/mol. The molecule has 7 heteroatoms. The Bertz CT molecular complexity index is 551. The number of hydrogen-bond donors (Lipinski definition) is 4. The Hall–Kier alpha value is -1.28. The first kappa shape index (κ1) is 15.3. The highest BCUT2D eigenvalue weighted by Crippen LogP contribution is 2.31. The van der Waals surface area contributed by atoms with E-state index in [1.54, 1.807) is 0 Å². The van der Waals surface area contributed by atoms with Crippen LogP contribution in [0.1, 0.15) is 37.9 Å². The van der Waals surface area contributed by atoms with Crippen LogP contribution in [0, 0.1) is 5.92 Å². The van der Waals surface area contributed by atoms with Gasteiger partial charge in [0.1, 0.15) is 5.82 Å². The highest BCUT2D eigenvalue weighted by molar-refractivity contribution is 5.37. The van der Waals surface area contributed by atoms with Gasteiger partial charge in [-0.25, -0.2) is 4.98 Å². The summed E-state index contributed by atoms with van der Waals surface area (Å²) in [6.07, 6.45) is 7.10. The van der Waals surface area contributed by atoms with Crippen molar-refractivity contribution in [3.05, 3.63) is 18.1 Å². The Morgan fingerprint density at radius 1 is 1.30 bits per heavy atom. The zero-order valence-corrected chi connectivity index (χ0v) is 13.7. The minimum atomic E-state index is 0.249. The van der Waals surface area contributed by atoms with E-state index in [2.05, 4.69) is 33.0 Å². The summed E-state index contributed by atoms with van der Waals surface area (Å²) >= 11 is 0. The van der Waals surface area contributed by atoms with Crippen molar-refractivity contribution in [1.29, 1.82) is 0 Å². The number of hydrogen-bond acceptors (Lipinski definition) is 7. The molecule has 3 aliphatic heterocycles. The van der Waals surface area contributed by atoms with Crippen LogP contribution in [-0.2, 0) is 0 Å². The quantitative estimate of drug-likeness (QED) is 0.606. The van der Waals surface area contributed by atoms with Gasteiger partial charge in [0, 0.05) is 37.8 Å². The van der Waals surface area contributed by atoms with Gasteiger partial charge in [-0.3, -0.25) is 15.8 Å². The van der Waals surface area contributed by atoms with E-state index < -0.39 is 0 Å². The zero-order valence-electron chi connectivity index (χ0n) is 13.7. The van der Waals surface area contributed by atoms with Gasteiger partial charge in [0.15, 0.2) is 0 Å². The van der Waals surface area contributed by atoms with Crippen molar-refractivity contribution < 1.29 is 0 Å². The second-order valence-corrected chi connectivity index (χ2v) is 7.19. The predicted octanol–water partition coefficient (Wildman–Crippen LogP) is -0.0804. The number of fused-ring (bicyclic) bond motifs is 1. The van der Waals surface area contributed by atoms with Crippen LogP contribution in [0.3, 0.4) is 0 Å². The van der Waals surface area contributed by atoms with E-state index in [0.717, 1.165) is 50.4 Å². The molecule has 3 fully saturated rings. The van der Waals surface area contributed by atoms with Crippen molar-refractivity contribution in [2.45, 2.75) is 50.4 Å². The summed E-state index contributed by atoms with van der Waals surface area (Å²) in [5, 5.41) is 3.62. The fraction of sp³-hybridized carbons (Fsp3) is 0.750. The van der Waals surface area contributed by atoms with E-state index in [9.17, 15) is 0 Å². The molecule has 7 nitrogen and oxygen atoms in total. The van der Waals surface area contributed by atoms with Gasteiger partial charge in [-0.2, -0.15) is 0 Å². The van der Waals surface area contributed by atoms with Crippen molar-refractivity contribution in [2.75, 3.05) is 24.5 Å². The van der Waals surface area contributed by atoms with Gasteiger partial charge in [0.2, 0.25) is 0 Å². The van der Waals surface area contributed by atoms with Gasteiger partial charge in [0.25, 0.3) is 0 Å². The standard InChI is InChI=1S/C16H27N7/c1-10-12-5-13(19-7-14(12)22-21-10)15-6-18-8-16(20-15)23-4-2-3-11(17)9-23/h6,8,10-14,19,21-22H,2-5,7,9,17H2,1H3/t10?,11-,12?,13?,14?/m1/s1. The maximum Gasteiger partial charge on any atom is 0.147 e. The summed E-state index contributed by atoms with van der Waals surface area (Å²) in [6.45, 7) is 5.12. The molecular formula is C16H27N7. The monoisotopic (exact) mass is 317 g/mol. The number of rotatable bonds is 2. The molecule has 4 rings (SSSR count). The lowest BCUT2D eigenvalue weighted by molar-refractivity contribution is 0.267. The van der Waals surface area contributed by atoms with Gasteiger partial charge in [-0.1, -0.05) is 0 Å². The molecule has 5 atom stereocenters. The number of hydrazine groups is 1. The van der Waals surface area contributed by atoms with Crippen molar-refractivity contribution in [3.8, 4) is 0 Å². The van der Waals surface area contributed by atoms with Crippen molar-refractivity contribution in [3.63, 3.8) is 0 Å². The summed E-state index contributed by atoms with van der Waals surface area (Å²) in [7, 11) is 0. The molecule has 5 N–H and O–H groups in total. The third-order valence-corrected chi connectivity index (χ3v) is 5.53. The molecule has 4 unspecified atom stereocenters. The minimum absolute atomic E-state index is 0.249. The fourth-order valence-corrected chi connectivity index (χ4v) is 4.13. The van der Waals surface area contributed by atoms with Crippen LogP contribution in [-0.4, -0.2) is 47.7 Å². The number of anilines is 1. The van der Waals surface area contributed by atoms with Crippen LogP contribution in [0.25, 0.3) is 0 Å². The average Bonchev–Trinajstić information content (AvgIpc) is 2.96. The maximum atomic E-state index is 6.10. The molecule has 3 aliphatic rings. The topological polar surface area (TPSA) is 91.1 Å². The minimum Gasteiger partial charge on any atom is -0.354 e. The second kappa shape index (κ2) is 6.32. The molecule has 23 heavy (non-hydrogen) atoms. The fourth-order valence-electron chi connectivity index (χ4n) is 4.13. The first-order valence-corrected chi connectivity index (χ1v) is 8.77. The van der Waals surface area contributed by atoms with Crippen LogP contribution in [0.5, 0.6) is 0 Å². The number of nitrogens with one attached hydrogen (secondary N) is 3. The molecule has 4 heterocycles. The van der Waals surface area contributed by atoms with Crippen LogP contribution in [0.2, 0.25) is 0 Å². The van der Waals surface area contributed by atoms with Crippen molar-refractivity contribution >= 4 is 5.82 Å². The van der Waals surface area contributed by atoms with Crippen LogP contribution >= 0.6 is 0 Å². The third kappa shape index (κ3) is 3.06. The number of piperidine rings is 2. The maximum absolute atomic E-state index is 6.10. The van der Waals surface area contributed by atoms with Crippen molar-refractivity contribution in [2.24, 2.45) is 11.7 Å². The largest absolute Gasteiger partial charge is 0.354 e. The van der Waals surface area contributed by atoms with Gasteiger partial charge < -0.3 is 16.0 Å². The highest BCUT2D eigenvalue weighted by atomic mass is 15.4. The van der Waals surface area contributed by atoms with E-state index in [1.807, 2.05) is 12.4 Å². The van der Waals surface area contributed by atoms with E-state index >= 15 is 0 Å². The Morgan fingerprint density at radius 2 is 2.22 bits per heavy atom. The summed E-state index contributed by atoms with van der Waals surface area (Å²) in [5.41, 5.74) is 13.9. The Balaban J connectivity index is 1.50. The van der Waals surface area contributed by atoms with E-state index in [-0.39, 0.29) is 12.1 Å². The number of aromatic nitrogens is 2. The zero-order chi connectivity index (χ0) is 15.8. The molecule has 3 saturated heterocycles. The normalized spacial score (nSPS) is 37.7. The molecule has 0 aliphatic carbocycles. The molecule has 0 aromatic carbocycles. The van der Waals surface area contributed by atoms with Gasteiger partial charge in [0.05, 0.1) is 24.1 Å². The lowest BCUT2D eigenvalue weighted by atomic mass is 9.84. The van der Waals surface area contributed by atoms with E-state index in [1.165, 1.54) is 0 Å². The molecule has 126 valence electrons. The molecule has 0 spiro atoms. The molecule has 1 aromatic rings. The lowest BCUT2D eigenvalue weighted by Gasteiger charge is -2.34. The lowest BCUT2D eigenvalue weighted by Crippen LogP contribution is -2.47. The van der Waals surface area contributed by atoms with Gasteiger partial charge in [-0.05, 0) is 32.1 Å². The van der Waals surface area contributed by atoms with Crippen LogP contribution in [0.4, 0.5) is 5.82 Å². The summed E-state index contributed by atoms with van der Waals surface area (Å²) in [4.78, 5) is 11.6. The number of nitrogens with two attached hydrogens (primary N) is 1. The average molecular weight is 317 g/mol. The van der Waals surface area contributed by atoms with Gasteiger partial charge >= 0.3 is 0 Å². The summed E-state index contributed by atoms with van der Waals surface area (Å²) in [5.74, 6) is 1.60. The summed E-state index contributed by atoms with van der Waals surface area (Å²) in [6, 6.07) is 1.55. The molecule has 0 radical (unpaired) electrons. The van der Waals surface area contributed by atoms with E-state index in [0.29, 0.717) is 18.0 Å². The molecule has 0 bridgehead atoms. The molecular weight excluding hydrogens is 290 g/mol. The second-order valence-electron chi connectivity index (χ2n) is 7.19. The molecule has 0 saturated carbocycles. The smallest absolute Gasteiger partial charge is 0.147 e. The van der Waals surface area contributed by atoms with Crippen LogP contribution in [0.15, 0.2) is 12.4 Å². The van der Waals surface area contributed by atoms with Gasteiger partial charge in [-0.15, -0.1) is 0 Å². The van der Waals surface area contributed by atoms with Crippen molar-refractivity contribution in [1.82, 2.24) is 26.1 Å². The van der Waals surface area contributed by atoms with E-state index in [4.69, 9.17) is 10.7 Å². The summed E-state index contributed by atoms with van der Waals surface area (Å²) < 4.78 is 0.